The third-order valence-electron chi connectivity index (χ3n) is 3.35. The summed E-state index contributed by atoms with van der Waals surface area (Å²) in [5.41, 5.74) is 0. The van der Waals surface area contributed by atoms with Gasteiger partial charge in [0.25, 0.3) is 5.91 Å². The molecule has 1 fully saturated rings. The molecule has 1 aliphatic rings. The Kier molecular flexibility index (Phi) is 9.69. The predicted molar refractivity (Wildman–Crippen MR) is 87.2 cm³/mol. The molecule has 1 aromatic carbocycles. The van der Waals surface area contributed by atoms with Crippen LogP contribution in [-0.2, 0) is 40.1 Å². The van der Waals surface area contributed by atoms with Crippen molar-refractivity contribution in [3.8, 4) is 11.5 Å². The van der Waals surface area contributed by atoms with Crippen LogP contribution in [0, 0.1) is 6.42 Å². The van der Waals surface area contributed by atoms with Gasteiger partial charge in [-0.3, -0.25) is 11.2 Å². The van der Waals surface area contributed by atoms with Gasteiger partial charge in [-0.2, -0.15) is 0 Å². The minimum Gasteiger partial charge on any atom is -0.490 e. The van der Waals surface area contributed by atoms with Crippen molar-refractivity contribution in [3.63, 3.8) is 0 Å². The summed E-state index contributed by atoms with van der Waals surface area (Å²) in [6, 6.07) is 5.75. The van der Waals surface area contributed by atoms with Crippen molar-refractivity contribution in [1.82, 2.24) is 5.32 Å². The first-order valence-electron chi connectivity index (χ1n) is 7.64. The van der Waals surface area contributed by atoms with Crippen LogP contribution in [0.3, 0.4) is 0 Å². The summed E-state index contributed by atoms with van der Waals surface area (Å²) in [6.45, 7) is -0.701. The van der Waals surface area contributed by atoms with Crippen molar-refractivity contribution in [2.75, 3.05) is 26.9 Å². The molecule has 1 heterocycles. The molecule has 10 heteroatoms. The van der Waals surface area contributed by atoms with E-state index in [-0.39, 0.29) is 46.8 Å². The molecule has 1 saturated heterocycles. The summed E-state index contributed by atoms with van der Waals surface area (Å²) >= 11 is 0. The standard InChI is InChI=1S/C16H19BNO7.W/c1-18-15(20)8-22-10-2-4-11(5-3-10)23-9-16(21)25-12-6-14(17)24-13(12)7-19;/h2-6,12-14,19H,7-9H2,1H3,(H,18,20);/q-1;/t12?,13-,14-;/m1./s1. The first-order valence-corrected chi connectivity index (χ1v) is 7.64. The number of hydrogen-bond donors (Lipinski definition) is 2. The van der Waals surface area contributed by atoms with E-state index >= 15 is 0 Å². The van der Waals surface area contributed by atoms with Crippen LogP contribution in [0.4, 0.5) is 0 Å². The van der Waals surface area contributed by atoms with E-state index in [1.807, 2.05) is 0 Å². The molecule has 140 valence electrons. The Labute approximate surface area is 167 Å². The molecule has 1 aliphatic heterocycles. The monoisotopic (exact) mass is 532 g/mol. The molecule has 8 nitrogen and oxygen atoms in total. The van der Waals surface area contributed by atoms with Crippen LogP contribution in [0.15, 0.2) is 24.3 Å². The molecule has 3 atom stereocenters. The molecule has 1 aromatic rings. The van der Waals surface area contributed by atoms with Gasteiger partial charge in [0.05, 0.1) is 20.6 Å². The number of hydrogen-bond acceptors (Lipinski definition) is 7. The average molecular weight is 532 g/mol. The van der Waals surface area contributed by atoms with Crippen LogP contribution in [-0.4, -0.2) is 69.9 Å². The Bertz CT molecular complexity index is 586. The van der Waals surface area contributed by atoms with E-state index in [0.717, 1.165) is 0 Å². The van der Waals surface area contributed by atoms with E-state index < -0.39 is 24.2 Å². The number of aliphatic hydroxyl groups excluding tert-OH is 1. The molecule has 2 rings (SSSR count). The van der Waals surface area contributed by atoms with Crippen molar-refractivity contribution >= 4 is 19.7 Å². The second-order valence-electron chi connectivity index (χ2n) is 5.19. The number of carbonyl (C=O) groups excluding carboxylic acids is 2. The van der Waals surface area contributed by atoms with Crippen molar-refractivity contribution in [2.45, 2.75) is 18.2 Å². The van der Waals surface area contributed by atoms with Crippen molar-refractivity contribution in [3.05, 3.63) is 30.7 Å². The molecule has 2 N–H and O–H groups in total. The van der Waals surface area contributed by atoms with Crippen LogP contribution < -0.4 is 14.8 Å². The molecule has 2 radical (unpaired) electrons. The van der Waals surface area contributed by atoms with Gasteiger partial charge >= 0.3 is 5.97 Å². The Morgan fingerprint density at radius 2 is 1.81 bits per heavy atom. The van der Waals surface area contributed by atoms with E-state index in [0.29, 0.717) is 11.5 Å². The van der Waals surface area contributed by atoms with E-state index in [9.17, 15) is 9.59 Å². The summed E-state index contributed by atoms with van der Waals surface area (Å²) in [6.07, 6.45) is 0.115. The van der Waals surface area contributed by atoms with Gasteiger partial charge in [-0.15, -0.1) is 0 Å². The van der Waals surface area contributed by atoms with Crippen molar-refractivity contribution < 1.29 is 54.7 Å². The minimum absolute atomic E-state index is 0. The Hall–Kier alpha value is -1.57. The minimum atomic E-state index is -0.711. The summed E-state index contributed by atoms with van der Waals surface area (Å²) < 4.78 is 20.9. The molecule has 0 aliphatic carbocycles. The molecular formula is C16H19BNO7W-. The van der Waals surface area contributed by atoms with Gasteiger partial charge in [-0.25, -0.2) is 4.79 Å². The van der Waals surface area contributed by atoms with E-state index in [1.165, 1.54) is 13.5 Å². The Balaban J connectivity index is 0.00000338. The maximum Gasteiger partial charge on any atom is 0.341 e. The fraction of sp³-hybridized carbons (Fsp3) is 0.438. The Morgan fingerprint density at radius 3 is 2.35 bits per heavy atom. The Morgan fingerprint density at radius 1 is 1.23 bits per heavy atom. The number of aliphatic hydroxyl groups is 1. The van der Waals surface area contributed by atoms with Gasteiger partial charge in [-0.1, -0.05) is 6.00 Å². The van der Waals surface area contributed by atoms with Gasteiger partial charge in [-0.05, 0) is 24.3 Å². The number of amides is 1. The molecule has 0 saturated carbocycles. The second kappa shape index (κ2) is 11.2. The zero-order valence-electron chi connectivity index (χ0n) is 14.1. The topological polar surface area (TPSA) is 103 Å². The van der Waals surface area contributed by atoms with E-state index in [4.69, 9.17) is 31.9 Å². The number of ether oxygens (including phenoxy) is 4. The zero-order valence-corrected chi connectivity index (χ0v) is 17.1. The maximum absolute atomic E-state index is 11.8. The summed E-state index contributed by atoms with van der Waals surface area (Å²) in [4.78, 5) is 22.9. The largest absolute Gasteiger partial charge is 0.490 e. The molecule has 0 bridgehead atoms. The van der Waals surface area contributed by atoms with Crippen LogP contribution in [0.5, 0.6) is 11.5 Å². The smallest absolute Gasteiger partial charge is 0.341 e. The molecule has 0 aromatic heterocycles. The fourth-order valence-electron chi connectivity index (χ4n) is 2.08. The van der Waals surface area contributed by atoms with Crippen molar-refractivity contribution in [1.29, 1.82) is 0 Å². The number of nitrogens with one attached hydrogen (secondary N) is 1. The SMILES string of the molecule is [B][C@H]1[CH-]C(OC(=O)COc2ccc(OCC(=O)NC)cc2)[C@@H](CO)O1.[W]. The van der Waals surface area contributed by atoms with Crippen LogP contribution in [0.25, 0.3) is 0 Å². The summed E-state index contributed by atoms with van der Waals surface area (Å²) in [5, 5.41) is 11.6. The first-order chi connectivity index (χ1) is 12.0. The van der Waals surface area contributed by atoms with Gasteiger partial charge < -0.3 is 29.4 Å². The molecule has 1 unspecified atom stereocenters. The zero-order chi connectivity index (χ0) is 18.2. The number of likely N-dealkylation sites (N-methyl/N-ethyl adjacent to an activating group) is 1. The van der Waals surface area contributed by atoms with E-state index in [2.05, 4.69) is 5.32 Å². The van der Waals surface area contributed by atoms with Gasteiger partial charge in [0.15, 0.2) is 13.2 Å². The van der Waals surface area contributed by atoms with E-state index in [1.54, 1.807) is 24.3 Å². The summed E-state index contributed by atoms with van der Waals surface area (Å²) in [7, 11) is 7.07. The quantitative estimate of drug-likeness (QED) is 0.257. The summed E-state index contributed by atoms with van der Waals surface area (Å²) in [5.74, 6) is 0.0799. The van der Waals surface area contributed by atoms with Crippen LogP contribution >= 0.6 is 0 Å². The number of benzene rings is 1. The molecule has 1 amide bonds. The third-order valence-corrected chi connectivity index (χ3v) is 3.35. The molecule has 0 spiro atoms. The van der Waals surface area contributed by atoms with Crippen LogP contribution in [0.2, 0.25) is 0 Å². The van der Waals surface area contributed by atoms with Gasteiger partial charge in [0.1, 0.15) is 11.5 Å². The molecule has 26 heavy (non-hydrogen) atoms. The molecular weight excluding hydrogens is 513 g/mol. The number of carbonyl (C=O) groups is 2. The van der Waals surface area contributed by atoms with Gasteiger partial charge in [0.2, 0.25) is 0 Å². The number of rotatable bonds is 8. The normalized spacial score (nSPS) is 21.4. The maximum atomic E-state index is 11.8. The second-order valence-corrected chi connectivity index (χ2v) is 5.19. The predicted octanol–water partition coefficient (Wildman–Crippen LogP) is -0.811. The fourth-order valence-corrected chi connectivity index (χ4v) is 2.08. The van der Waals surface area contributed by atoms with Crippen molar-refractivity contribution in [2.24, 2.45) is 0 Å². The third kappa shape index (κ3) is 6.98. The van der Waals surface area contributed by atoms with Gasteiger partial charge in [0, 0.05) is 34.2 Å². The average Bonchev–Trinajstić information content (AvgIpc) is 2.98. The number of esters is 1. The first kappa shape index (κ1) is 22.5. The van der Waals surface area contributed by atoms with Crippen LogP contribution in [0.1, 0.15) is 0 Å².